The second-order valence-electron chi connectivity index (χ2n) is 6.03. The normalized spacial score (nSPS) is 17.5. The second-order valence-corrected chi connectivity index (χ2v) is 7.97. The molecule has 9 nitrogen and oxygen atoms in total. The Bertz CT molecular complexity index is 947. The molecule has 0 aliphatic carbocycles. The number of carbonyl (C=O) groups excluding carboxylic acids is 1. The van der Waals surface area contributed by atoms with Crippen LogP contribution in [0.3, 0.4) is 0 Å². The minimum Gasteiger partial charge on any atom is -0.454 e. The largest absolute Gasteiger partial charge is 0.454 e. The molecule has 2 aliphatic rings. The van der Waals surface area contributed by atoms with Gasteiger partial charge in [0.1, 0.15) is 5.76 Å². The van der Waals surface area contributed by atoms with Crippen molar-refractivity contribution in [2.45, 2.75) is 11.8 Å². The van der Waals surface area contributed by atoms with Crippen LogP contribution < -0.4 is 9.47 Å². The summed E-state index contributed by atoms with van der Waals surface area (Å²) in [6, 6.07) is 6.12. The fourth-order valence-corrected chi connectivity index (χ4v) is 4.39. The van der Waals surface area contributed by atoms with E-state index in [1.807, 2.05) is 0 Å². The number of rotatable bonds is 3. The number of amides is 1. The summed E-state index contributed by atoms with van der Waals surface area (Å²) in [6.45, 7) is 2.78. The standard InChI is InChI=1S/C16H17N3O6S/c1-11-8-13(17-25-11)16(20)18-4-6-19(7-5-18)26(21,22)12-2-3-14-15(9-12)24-10-23-14/h2-3,8-9H,4-7,10H2,1H3. The number of aromatic nitrogens is 1. The summed E-state index contributed by atoms with van der Waals surface area (Å²) in [7, 11) is -3.67. The smallest absolute Gasteiger partial charge is 0.276 e. The topological polar surface area (TPSA) is 102 Å². The Morgan fingerprint density at radius 2 is 1.81 bits per heavy atom. The van der Waals surface area contributed by atoms with Crippen molar-refractivity contribution in [3.05, 3.63) is 35.7 Å². The minimum absolute atomic E-state index is 0.0845. The molecular weight excluding hydrogens is 362 g/mol. The Balaban J connectivity index is 1.46. The molecule has 0 spiro atoms. The first-order valence-electron chi connectivity index (χ1n) is 8.07. The molecule has 2 aliphatic heterocycles. The molecule has 3 heterocycles. The molecule has 2 aromatic rings. The first-order valence-corrected chi connectivity index (χ1v) is 9.51. The number of piperazine rings is 1. The lowest BCUT2D eigenvalue weighted by Gasteiger charge is -2.33. The highest BCUT2D eigenvalue weighted by Crippen LogP contribution is 2.34. The molecule has 138 valence electrons. The van der Waals surface area contributed by atoms with Gasteiger partial charge in [-0.1, -0.05) is 5.16 Å². The van der Waals surface area contributed by atoms with Gasteiger partial charge in [-0.3, -0.25) is 4.79 Å². The van der Waals surface area contributed by atoms with Gasteiger partial charge in [-0.25, -0.2) is 8.42 Å². The maximum absolute atomic E-state index is 12.8. The number of fused-ring (bicyclic) bond motifs is 1. The zero-order valence-electron chi connectivity index (χ0n) is 14.0. The highest BCUT2D eigenvalue weighted by molar-refractivity contribution is 7.89. The van der Waals surface area contributed by atoms with Crippen LogP contribution in [0.2, 0.25) is 0 Å². The van der Waals surface area contributed by atoms with Crippen molar-refractivity contribution in [1.82, 2.24) is 14.4 Å². The molecule has 0 unspecified atom stereocenters. The predicted octanol–water partition coefficient (Wildman–Crippen LogP) is 0.858. The van der Waals surface area contributed by atoms with E-state index in [0.717, 1.165) is 0 Å². The maximum atomic E-state index is 12.8. The second kappa shape index (κ2) is 6.29. The van der Waals surface area contributed by atoms with Crippen LogP contribution in [0.4, 0.5) is 0 Å². The van der Waals surface area contributed by atoms with Crippen LogP contribution in [0, 0.1) is 6.92 Å². The van der Waals surface area contributed by atoms with Gasteiger partial charge in [-0.05, 0) is 19.1 Å². The summed E-state index contributed by atoms with van der Waals surface area (Å²) < 4.78 is 42.4. The Hall–Kier alpha value is -2.59. The monoisotopic (exact) mass is 379 g/mol. The summed E-state index contributed by atoms with van der Waals surface area (Å²) in [4.78, 5) is 14.1. The minimum atomic E-state index is -3.67. The van der Waals surface area contributed by atoms with Crippen molar-refractivity contribution in [2.75, 3.05) is 33.0 Å². The van der Waals surface area contributed by atoms with Crippen LogP contribution in [-0.2, 0) is 10.0 Å². The van der Waals surface area contributed by atoms with Crippen molar-refractivity contribution >= 4 is 15.9 Å². The molecule has 0 saturated carbocycles. The van der Waals surface area contributed by atoms with E-state index in [4.69, 9.17) is 14.0 Å². The number of hydrogen-bond acceptors (Lipinski definition) is 7. The predicted molar refractivity (Wildman–Crippen MR) is 88.5 cm³/mol. The van der Waals surface area contributed by atoms with Crippen molar-refractivity contribution in [2.24, 2.45) is 0 Å². The van der Waals surface area contributed by atoms with Crippen LogP contribution in [-0.4, -0.2) is 61.7 Å². The molecule has 4 rings (SSSR count). The Morgan fingerprint density at radius 3 is 2.50 bits per heavy atom. The summed E-state index contributed by atoms with van der Waals surface area (Å²) >= 11 is 0. The van der Waals surface area contributed by atoms with Gasteiger partial charge in [0.2, 0.25) is 16.8 Å². The first kappa shape index (κ1) is 16.9. The van der Waals surface area contributed by atoms with Crippen LogP contribution in [0.1, 0.15) is 16.2 Å². The molecule has 0 radical (unpaired) electrons. The van der Waals surface area contributed by atoms with Gasteiger partial charge in [-0.2, -0.15) is 4.31 Å². The third-order valence-corrected chi connectivity index (χ3v) is 6.25. The molecule has 1 aromatic heterocycles. The van der Waals surface area contributed by atoms with Gasteiger partial charge < -0.3 is 18.9 Å². The molecule has 1 saturated heterocycles. The van der Waals surface area contributed by atoms with Gasteiger partial charge in [0.05, 0.1) is 4.90 Å². The van der Waals surface area contributed by atoms with E-state index in [1.54, 1.807) is 24.0 Å². The van der Waals surface area contributed by atoms with Gasteiger partial charge >= 0.3 is 0 Å². The fourth-order valence-electron chi connectivity index (χ4n) is 2.95. The highest BCUT2D eigenvalue weighted by atomic mass is 32.2. The number of sulfonamides is 1. The number of ether oxygens (including phenoxy) is 2. The Labute approximate surface area is 150 Å². The molecule has 26 heavy (non-hydrogen) atoms. The average molecular weight is 379 g/mol. The van der Waals surface area contributed by atoms with Gasteiger partial charge in [-0.15, -0.1) is 0 Å². The lowest BCUT2D eigenvalue weighted by atomic mass is 10.3. The molecule has 1 aromatic carbocycles. The van der Waals surface area contributed by atoms with E-state index in [1.165, 1.54) is 16.4 Å². The van der Waals surface area contributed by atoms with Crippen molar-refractivity contribution in [3.63, 3.8) is 0 Å². The molecular formula is C16H17N3O6S. The molecule has 1 fully saturated rings. The van der Waals surface area contributed by atoms with Crippen LogP contribution >= 0.6 is 0 Å². The molecule has 0 N–H and O–H groups in total. The summed E-state index contributed by atoms with van der Waals surface area (Å²) in [6.07, 6.45) is 0. The van der Waals surface area contributed by atoms with E-state index < -0.39 is 10.0 Å². The zero-order valence-corrected chi connectivity index (χ0v) is 14.9. The summed E-state index contributed by atoms with van der Waals surface area (Å²) in [5, 5.41) is 3.72. The van der Waals surface area contributed by atoms with Crippen LogP contribution in [0.15, 0.2) is 33.7 Å². The number of nitrogens with zero attached hydrogens (tertiary/aromatic N) is 3. The molecule has 0 atom stereocenters. The van der Waals surface area contributed by atoms with E-state index in [0.29, 0.717) is 17.3 Å². The lowest BCUT2D eigenvalue weighted by Crippen LogP contribution is -2.50. The Morgan fingerprint density at radius 1 is 1.08 bits per heavy atom. The molecule has 0 bridgehead atoms. The first-order chi connectivity index (χ1) is 12.4. The summed E-state index contributed by atoms with van der Waals surface area (Å²) in [5.41, 5.74) is 0.231. The third-order valence-electron chi connectivity index (χ3n) is 4.35. The molecule has 1 amide bonds. The van der Waals surface area contributed by atoms with E-state index >= 15 is 0 Å². The number of carbonyl (C=O) groups is 1. The maximum Gasteiger partial charge on any atom is 0.276 e. The number of aryl methyl sites for hydroxylation is 1. The van der Waals surface area contributed by atoms with Gasteiger partial charge in [0.15, 0.2) is 17.2 Å². The van der Waals surface area contributed by atoms with Crippen molar-refractivity contribution in [3.8, 4) is 11.5 Å². The van der Waals surface area contributed by atoms with Gasteiger partial charge in [0.25, 0.3) is 5.91 Å². The third kappa shape index (κ3) is 2.90. The van der Waals surface area contributed by atoms with E-state index in [9.17, 15) is 13.2 Å². The van der Waals surface area contributed by atoms with Crippen LogP contribution in [0.25, 0.3) is 0 Å². The average Bonchev–Trinajstić information content (AvgIpc) is 3.29. The Kier molecular flexibility index (Phi) is 4.08. The zero-order chi connectivity index (χ0) is 18.3. The van der Waals surface area contributed by atoms with Gasteiger partial charge in [0, 0.05) is 38.3 Å². The number of hydrogen-bond donors (Lipinski definition) is 0. The quantitative estimate of drug-likeness (QED) is 0.779. The van der Waals surface area contributed by atoms with E-state index in [-0.39, 0.29) is 49.5 Å². The molecule has 10 heteroatoms. The lowest BCUT2D eigenvalue weighted by molar-refractivity contribution is 0.0687. The van der Waals surface area contributed by atoms with E-state index in [2.05, 4.69) is 5.16 Å². The number of benzene rings is 1. The fraction of sp³-hybridized carbons (Fsp3) is 0.375. The summed E-state index contributed by atoms with van der Waals surface area (Å²) in [5.74, 6) is 1.24. The van der Waals surface area contributed by atoms with Crippen LogP contribution in [0.5, 0.6) is 11.5 Å². The SMILES string of the molecule is Cc1cc(C(=O)N2CCN(S(=O)(=O)c3ccc4c(c3)OCO4)CC2)no1. The van der Waals surface area contributed by atoms with Crippen molar-refractivity contribution < 1.29 is 27.2 Å². The van der Waals surface area contributed by atoms with Crippen molar-refractivity contribution in [1.29, 1.82) is 0 Å². The highest BCUT2D eigenvalue weighted by Gasteiger charge is 2.32.